The maximum Gasteiger partial charge on any atom is 0.191 e. The van der Waals surface area contributed by atoms with Crippen molar-refractivity contribution in [1.29, 1.82) is 0 Å². The van der Waals surface area contributed by atoms with Gasteiger partial charge in [-0.3, -0.25) is 14.9 Å². The molecule has 0 saturated carbocycles. The highest BCUT2D eigenvalue weighted by molar-refractivity contribution is 5.79. The molecule has 2 atom stereocenters. The maximum absolute atomic E-state index is 5.86. The molecule has 28 heavy (non-hydrogen) atoms. The van der Waals surface area contributed by atoms with Gasteiger partial charge in [0.15, 0.2) is 5.96 Å². The lowest BCUT2D eigenvalue weighted by molar-refractivity contribution is -0.0705. The molecular formula is C22H31N5O. The van der Waals surface area contributed by atoms with Gasteiger partial charge in [0.2, 0.25) is 0 Å². The van der Waals surface area contributed by atoms with Crippen LogP contribution in [0.25, 0.3) is 0 Å². The monoisotopic (exact) mass is 381 g/mol. The second kappa shape index (κ2) is 10.2. The highest BCUT2D eigenvalue weighted by Gasteiger charge is 2.22. The average molecular weight is 382 g/mol. The van der Waals surface area contributed by atoms with Crippen molar-refractivity contribution in [2.24, 2.45) is 4.99 Å². The number of hydrogen-bond acceptors (Lipinski definition) is 4. The minimum absolute atomic E-state index is 0.281. The Bertz CT molecular complexity index is 755. The quantitative estimate of drug-likeness (QED) is 0.595. The number of nitrogens with one attached hydrogen (secondary N) is 2. The standard InChI is InChI=1S/C22H31N5O/c1-17-14-27(15-18(2)28-17)16-20-9-5-4-8-19(20)12-25-22(23-3)26-13-21-10-6-7-11-24-21/h4-11,17-18H,12-16H2,1-3H3,(H2,23,25,26). The zero-order valence-electron chi connectivity index (χ0n) is 17.1. The molecule has 1 aliphatic heterocycles. The predicted molar refractivity (Wildman–Crippen MR) is 113 cm³/mol. The van der Waals surface area contributed by atoms with E-state index in [0.29, 0.717) is 6.54 Å². The molecule has 1 fully saturated rings. The third kappa shape index (κ3) is 6.04. The summed E-state index contributed by atoms with van der Waals surface area (Å²) in [5.74, 6) is 0.772. The van der Waals surface area contributed by atoms with E-state index in [1.54, 1.807) is 13.2 Å². The van der Waals surface area contributed by atoms with Gasteiger partial charge in [-0.2, -0.15) is 0 Å². The molecular weight excluding hydrogens is 350 g/mol. The summed E-state index contributed by atoms with van der Waals surface area (Å²) in [5, 5.41) is 6.74. The first kappa shape index (κ1) is 20.3. The summed E-state index contributed by atoms with van der Waals surface area (Å²) in [6.07, 6.45) is 2.36. The Hall–Kier alpha value is -2.44. The summed E-state index contributed by atoms with van der Waals surface area (Å²) in [7, 11) is 1.79. The number of benzene rings is 1. The summed E-state index contributed by atoms with van der Waals surface area (Å²) in [5.41, 5.74) is 3.62. The molecule has 6 heteroatoms. The van der Waals surface area contributed by atoms with Crippen molar-refractivity contribution in [3.63, 3.8) is 0 Å². The molecule has 0 amide bonds. The average Bonchev–Trinajstić information content (AvgIpc) is 2.69. The molecule has 2 unspecified atom stereocenters. The fourth-order valence-corrected chi connectivity index (χ4v) is 3.62. The van der Waals surface area contributed by atoms with Crippen LogP contribution in [0.2, 0.25) is 0 Å². The molecule has 6 nitrogen and oxygen atoms in total. The highest BCUT2D eigenvalue weighted by atomic mass is 16.5. The Balaban J connectivity index is 1.56. The maximum atomic E-state index is 5.86. The number of nitrogens with zero attached hydrogens (tertiary/aromatic N) is 3. The van der Waals surface area contributed by atoms with Gasteiger partial charge in [0.05, 0.1) is 24.4 Å². The lowest BCUT2D eigenvalue weighted by Gasteiger charge is -2.35. The Morgan fingerprint density at radius 3 is 2.39 bits per heavy atom. The lowest BCUT2D eigenvalue weighted by atomic mass is 10.1. The topological polar surface area (TPSA) is 61.8 Å². The summed E-state index contributed by atoms with van der Waals surface area (Å²) in [6, 6.07) is 14.5. The first-order valence-corrected chi connectivity index (χ1v) is 9.93. The van der Waals surface area contributed by atoms with Crippen molar-refractivity contribution in [2.45, 2.75) is 45.7 Å². The summed E-state index contributed by atoms with van der Waals surface area (Å²) in [6.45, 7) is 8.55. The van der Waals surface area contributed by atoms with Crippen LogP contribution in [0, 0.1) is 0 Å². The number of ether oxygens (including phenoxy) is 1. The second-order valence-electron chi connectivity index (χ2n) is 7.32. The molecule has 1 aliphatic rings. The zero-order valence-corrected chi connectivity index (χ0v) is 17.1. The molecule has 2 heterocycles. The van der Waals surface area contributed by atoms with Crippen molar-refractivity contribution < 1.29 is 4.74 Å². The Morgan fingerprint density at radius 1 is 1.04 bits per heavy atom. The minimum atomic E-state index is 0.281. The van der Waals surface area contributed by atoms with E-state index in [9.17, 15) is 0 Å². The van der Waals surface area contributed by atoms with E-state index in [4.69, 9.17) is 4.74 Å². The fourth-order valence-electron chi connectivity index (χ4n) is 3.62. The van der Waals surface area contributed by atoms with E-state index in [2.05, 4.69) is 63.6 Å². The first-order valence-electron chi connectivity index (χ1n) is 9.93. The van der Waals surface area contributed by atoms with Gasteiger partial charge in [0, 0.05) is 39.4 Å². The van der Waals surface area contributed by atoms with E-state index in [-0.39, 0.29) is 12.2 Å². The fraction of sp³-hybridized carbons (Fsp3) is 0.455. The van der Waals surface area contributed by atoms with Gasteiger partial charge in [-0.25, -0.2) is 0 Å². The van der Waals surface area contributed by atoms with Gasteiger partial charge in [0.25, 0.3) is 0 Å². The highest BCUT2D eigenvalue weighted by Crippen LogP contribution is 2.17. The lowest BCUT2D eigenvalue weighted by Crippen LogP contribution is -2.45. The molecule has 0 radical (unpaired) electrons. The summed E-state index contributed by atoms with van der Waals surface area (Å²) >= 11 is 0. The molecule has 0 bridgehead atoms. The van der Waals surface area contributed by atoms with Crippen LogP contribution in [0.4, 0.5) is 0 Å². The van der Waals surface area contributed by atoms with E-state index in [0.717, 1.165) is 37.8 Å². The predicted octanol–water partition coefficient (Wildman–Crippen LogP) is 2.56. The molecule has 150 valence electrons. The third-order valence-electron chi connectivity index (χ3n) is 4.84. The van der Waals surface area contributed by atoms with Gasteiger partial charge < -0.3 is 15.4 Å². The van der Waals surface area contributed by atoms with E-state index in [1.165, 1.54) is 11.1 Å². The Labute approximate surface area is 168 Å². The van der Waals surface area contributed by atoms with Crippen LogP contribution in [0.5, 0.6) is 0 Å². The van der Waals surface area contributed by atoms with Gasteiger partial charge in [-0.15, -0.1) is 0 Å². The molecule has 2 aromatic rings. The van der Waals surface area contributed by atoms with Gasteiger partial charge in [-0.05, 0) is 37.1 Å². The molecule has 1 aromatic heterocycles. The largest absolute Gasteiger partial charge is 0.373 e. The Kier molecular flexibility index (Phi) is 7.39. The number of aromatic nitrogens is 1. The molecule has 1 saturated heterocycles. The summed E-state index contributed by atoms with van der Waals surface area (Å²) < 4.78 is 5.86. The van der Waals surface area contributed by atoms with Crippen molar-refractivity contribution >= 4 is 5.96 Å². The van der Waals surface area contributed by atoms with Crippen LogP contribution in [-0.4, -0.2) is 48.2 Å². The van der Waals surface area contributed by atoms with E-state index in [1.807, 2.05) is 18.2 Å². The minimum Gasteiger partial charge on any atom is -0.373 e. The van der Waals surface area contributed by atoms with E-state index < -0.39 is 0 Å². The number of hydrogen-bond donors (Lipinski definition) is 2. The molecule has 2 N–H and O–H groups in total. The van der Waals surface area contributed by atoms with Gasteiger partial charge in [0.1, 0.15) is 0 Å². The van der Waals surface area contributed by atoms with Crippen molar-refractivity contribution in [1.82, 2.24) is 20.5 Å². The van der Waals surface area contributed by atoms with Crippen LogP contribution >= 0.6 is 0 Å². The van der Waals surface area contributed by atoms with Crippen molar-refractivity contribution in [2.75, 3.05) is 20.1 Å². The number of pyridine rings is 1. The van der Waals surface area contributed by atoms with E-state index >= 15 is 0 Å². The van der Waals surface area contributed by atoms with Crippen LogP contribution in [-0.2, 0) is 24.4 Å². The Morgan fingerprint density at radius 2 is 1.71 bits per heavy atom. The third-order valence-corrected chi connectivity index (χ3v) is 4.84. The van der Waals surface area contributed by atoms with Gasteiger partial charge >= 0.3 is 0 Å². The van der Waals surface area contributed by atoms with Crippen LogP contribution in [0.3, 0.4) is 0 Å². The molecule has 1 aromatic carbocycles. The summed E-state index contributed by atoms with van der Waals surface area (Å²) in [4.78, 5) is 11.1. The number of morpholine rings is 1. The SMILES string of the molecule is CN=C(NCc1ccccn1)NCc1ccccc1CN1CC(C)OC(C)C1. The molecule has 3 rings (SSSR count). The number of aliphatic imine (C=N–C) groups is 1. The number of rotatable bonds is 6. The number of guanidine groups is 1. The van der Waals surface area contributed by atoms with Crippen molar-refractivity contribution in [3.05, 3.63) is 65.5 Å². The van der Waals surface area contributed by atoms with Crippen LogP contribution < -0.4 is 10.6 Å². The van der Waals surface area contributed by atoms with Crippen LogP contribution in [0.1, 0.15) is 30.7 Å². The molecule has 0 aliphatic carbocycles. The first-order chi connectivity index (χ1) is 13.6. The van der Waals surface area contributed by atoms with Gasteiger partial charge in [-0.1, -0.05) is 30.3 Å². The van der Waals surface area contributed by atoms with Crippen molar-refractivity contribution in [3.8, 4) is 0 Å². The second-order valence-corrected chi connectivity index (χ2v) is 7.32. The van der Waals surface area contributed by atoms with Crippen LogP contribution in [0.15, 0.2) is 53.7 Å². The zero-order chi connectivity index (χ0) is 19.8. The molecule has 0 spiro atoms. The normalized spacial score (nSPS) is 20.8. The smallest absolute Gasteiger partial charge is 0.191 e.